The molecule has 104 heavy (non-hydrogen) atoms. The predicted octanol–water partition coefficient (Wildman–Crippen LogP) is 11.9. The summed E-state index contributed by atoms with van der Waals surface area (Å²) in [6.07, 6.45) is -22.8. The van der Waals surface area contributed by atoms with E-state index in [9.17, 15) is 30.2 Å². The first kappa shape index (κ1) is 75.7. The molecular weight excluding hydrogens is 1340 g/mol. The molecule has 20 atom stereocenters. The summed E-state index contributed by atoms with van der Waals surface area (Å²) in [5, 5.41) is 8.59. The summed E-state index contributed by atoms with van der Waals surface area (Å²) in [6.45, 7) is 4.53. The summed E-state index contributed by atoms with van der Waals surface area (Å²) in [6, 6.07) is 60.3. The highest BCUT2D eigenvalue weighted by Gasteiger charge is 2.59. The number of benzene rings is 7. The molecule has 0 aromatic heterocycles. The molecule has 0 N–H and O–H groups in total. The van der Waals surface area contributed by atoms with Crippen LogP contribution in [-0.2, 0) is 118 Å². The van der Waals surface area contributed by atoms with E-state index in [4.69, 9.17) is 75.8 Å². The maximum absolute atomic E-state index is 14.9. The van der Waals surface area contributed by atoms with Gasteiger partial charge in [-0.15, -0.1) is 0 Å². The molecule has 7 aromatic rings. The number of azide groups is 2. The molecule has 0 spiro atoms. The number of hydrogen-bond acceptors (Lipinski definition) is 22. The average Bonchev–Trinajstić information content (AvgIpc) is 0.765. The summed E-state index contributed by atoms with van der Waals surface area (Å²) in [5.41, 5.74) is 25.3. The lowest BCUT2D eigenvalue weighted by atomic mass is 9.87. The number of ether oxygens (including phenoxy) is 16. The van der Waals surface area contributed by atoms with E-state index in [2.05, 4.69) is 20.1 Å². The summed E-state index contributed by atoms with van der Waals surface area (Å²) in [4.78, 5) is 63.4. The Morgan fingerprint density at radius 1 is 0.394 bits per heavy atom. The van der Waals surface area contributed by atoms with Crippen molar-refractivity contribution < 1.29 is 95.0 Å². The van der Waals surface area contributed by atoms with Gasteiger partial charge in [0.1, 0.15) is 61.5 Å². The van der Waals surface area contributed by atoms with E-state index in [1.54, 1.807) is 74.5 Å². The molecule has 4 fully saturated rings. The lowest BCUT2D eigenvalue weighted by Crippen LogP contribution is -2.67. The van der Waals surface area contributed by atoms with Gasteiger partial charge in [-0.2, -0.15) is 0 Å². The molecule has 0 amide bonds. The van der Waals surface area contributed by atoms with Gasteiger partial charge in [-0.25, -0.2) is 19.2 Å². The number of esters is 4. The molecule has 4 heterocycles. The van der Waals surface area contributed by atoms with Gasteiger partial charge in [0.05, 0.1) is 82.7 Å². The molecule has 11 rings (SSSR count). The van der Waals surface area contributed by atoms with E-state index < -0.39 is 153 Å². The van der Waals surface area contributed by atoms with Gasteiger partial charge in [-0.3, -0.25) is 0 Å². The third-order valence-corrected chi connectivity index (χ3v) is 18.5. The smallest absolute Gasteiger partial charge is 0.338 e. The fourth-order valence-corrected chi connectivity index (χ4v) is 13.1. The van der Waals surface area contributed by atoms with Crippen molar-refractivity contribution in [3.8, 4) is 0 Å². The lowest BCUT2D eigenvalue weighted by Gasteiger charge is -2.51. The van der Waals surface area contributed by atoms with Crippen LogP contribution in [0.1, 0.15) is 75.7 Å². The van der Waals surface area contributed by atoms with Gasteiger partial charge in [-0.05, 0) is 82.4 Å². The van der Waals surface area contributed by atoms with Crippen LogP contribution in [0, 0.1) is 5.92 Å². The molecule has 8 unspecified atom stereocenters. The van der Waals surface area contributed by atoms with Crippen LogP contribution in [0.3, 0.4) is 0 Å². The van der Waals surface area contributed by atoms with Gasteiger partial charge >= 0.3 is 23.9 Å². The molecule has 0 bridgehead atoms. The zero-order valence-corrected chi connectivity index (χ0v) is 58.1. The Morgan fingerprint density at radius 3 is 1.20 bits per heavy atom. The van der Waals surface area contributed by atoms with E-state index in [1.807, 2.05) is 159 Å². The molecule has 0 radical (unpaired) electrons. The van der Waals surface area contributed by atoms with Crippen molar-refractivity contribution in [1.82, 2.24) is 0 Å². The fourth-order valence-electron chi connectivity index (χ4n) is 13.1. The Hall–Kier alpha value is -9.44. The van der Waals surface area contributed by atoms with Crippen LogP contribution in [0.5, 0.6) is 0 Å². The first-order valence-corrected chi connectivity index (χ1v) is 34.4. The van der Waals surface area contributed by atoms with Crippen molar-refractivity contribution in [2.45, 2.75) is 177 Å². The zero-order chi connectivity index (χ0) is 72.7. The maximum Gasteiger partial charge on any atom is 0.338 e. The van der Waals surface area contributed by atoms with Gasteiger partial charge in [-0.1, -0.05) is 212 Å². The van der Waals surface area contributed by atoms with Crippen LogP contribution in [0.25, 0.3) is 20.9 Å². The molecule has 546 valence electrons. The highest BCUT2D eigenvalue weighted by molar-refractivity contribution is 5.90. The van der Waals surface area contributed by atoms with Crippen LogP contribution < -0.4 is 0 Å². The lowest BCUT2D eigenvalue weighted by molar-refractivity contribution is -0.372. The second-order valence-corrected chi connectivity index (χ2v) is 25.3. The topological polar surface area (TPSA) is 313 Å². The van der Waals surface area contributed by atoms with Gasteiger partial charge in [0, 0.05) is 9.82 Å². The molecule has 4 aliphatic heterocycles. The zero-order valence-electron chi connectivity index (χ0n) is 58.1. The fraction of sp³-hybridized carbons (Fsp3) is 0.410. The third kappa shape index (κ3) is 19.3. The Balaban J connectivity index is 0.960. The van der Waals surface area contributed by atoms with Gasteiger partial charge in [0.2, 0.25) is 0 Å². The number of carbonyl (C=O) groups is 4. The van der Waals surface area contributed by atoms with Crippen molar-refractivity contribution in [3.05, 3.63) is 272 Å². The second-order valence-electron chi connectivity index (χ2n) is 25.3. The summed E-state index contributed by atoms with van der Waals surface area (Å²) < 4.78 is 106. The largest absolute Gasteiger partial charge is 0.467 e. The van der Waals surface area contributed by atoms with E-state index in [0.29, 0.717) is 11.1 Å². The molecule has 0 aliphatic carbocycles. The normalized spacial score (nSPS) is 28.8. The molecule has 7 aromatic carbocycles. The van der Waals surface area contributed by atoms with Crippen LogP contribution in [0.2, 0.25) is 0 Å². The van der Waals surface area contributed by atoms with Crippen LogP contribution in [0.15, 0.2) is 223 Å². The number of nitrogens with zero attached hydrogens (tertiary/aromatic N) is 6. The van der Waals surface area contributed by atoms with E-state index in [1.165, 1.54) is 14.2 Å². The van der Waals surface area contributed by atoms with Crippen LogP contribution in [-0.4, -0.2) is 161 Å². The minimum atomic E-state index is -1.78. The summed E-state index contributed by atoms with van der Waals surface area (Å²) in [5.74, 6) is -4.07. The maximum atomic E-state index is 14.9. The minimum absolute atomic E-state index is 0.0144. The number of methoxy groups -OCH3 is 2. The Bertz CT molecular complexity index is 3930. The summed E-state index contributed by atoms with van der Waals surface area (Å²) >= 11 is 0. The molecule has 26 nitrogen and oxygen atoms in total. The van der Waals surface area contributed by atoms with E-state index in [0.717, 1.165) is 16.7 Å². The summed E-state index contributed by atoms with van der Waals surface area (Å²) in [7, 11) is 2.36. The molecule has 26 heteroatoms. The Kier molecular flexibility index (Phi) is 27.5. The Labute approximate surface area is 602 Å². The quantitative estimate of drug-likeness (QED) is 0.0128. The first-order chi connectivity index (χ1) is 50.9. The average molecular weight is 1430 g/mol. The van der Waals surface area contributed by atoms with Crippen LogP contribution >= 0.6 is 0 Å². The first-order valence-electron chi connectivity index (χ1n) is 34.4. The van der Waals surface area contributed by atoms with E-state index in [-0.39, 0.29) is 50.6 Å². The predicted molar refractivity (Wildman–Crippen MR) is 372 cm³/mol. The van der Waals surface area contributed by atoms with E-state index >= 15 is 0 Å². The molecule has 4 aliphatic rings. The Morgan fingerprint density at radius 2 is 0.760 bits per heavy atom. The monoisotopic (exact) mass is 1420 g/mol. The standard InChI is InChI=1S/C78H84N6O20/c1-6-57-61(48(2)59(81-83-79)76(98-57)102-67-65(93-44-52-32-18-9-19-33-52)62(49(3)97-69(67)74(87)89-4)100-73(86)56-40-26-13-27-41-56)101-78-71(95-46-54-36-22-11-23-37-54)66(94-45-53-34-20-10-21-35-53)68(70(104-78)75(88)90-5)103-77-60(82-84-80)64(92-43-51-30-16-8-17-31-51)63(91-42-50-28-14-7-15-29-50)58(99-77)47-96-72(85)55-38-24-12-25-39-55/h7-41,48-49,57-71,76-78H,6,42-47H2,1-5H3/t48?,49-,57?,58?,59+,60?,61+,62?,63-,64+,65-,66-,67+,68+,69?,70?,71?,76-,77-,78+/m0/s1. The molecule has 0 saturated carbocycles. The van der Waals surface area contributed by atoms with Gasteiger partial charge in [0.25, 0.3) is 0 Å². The van der Waals surface area contributed by atoms with Gasteiger partial charge in [0.15, 0.2) is 37.2 Å². The highest BCUT2D eigenvalue weighted by Crippen LogP contribution is 2.42. The number of hydrogen-bond donors (Lipinski definition) is 0. The molecular formula is C78H84N6O20. The number of rotatable bonds is 31. The third-order valence-electron chi connectivity index (χ3n) is 18.5. The van der Waals surface area contributed by atoms with Crippen molar-refractivity contribution >= 4 is 23.9 Å². The van der Waals surface area contributed by atoms with Crippen molar-refractivity contribution in [2.24, 2.45) is 16.1 Å². The van der Waals surface area contributed by atoms with Crippen LogP contribution in [0.4, 0.5) is 0 Å². The SMILES string of the molecule is CCC1O[C@@H](O[C@H]2C(C(=O)OC)O[C@@H](C)C(OC(=O)c3ccccc3)[C@@H]2OCc2ccccc2)[C@H](N=[N+]=[N-])C(C)[C@H]1O[C@@H]1OC(C(=O)OC)[C@H](O[C@@H]2OC(COC(=O)c3ccccc3)[C@H](OCc3ccccc3)[C@H](OCc3ccccc3)C2N=[N+]=[N-])[C@H](OCc2ccccc2)C1OCc1ccccc1. The van der Waals surface area contributed by atoms with Gasteiger partial charge < -0.3 is 75.8 Å². The van der Waals surface area contributed by atoms with Crippen molar-refractivity contribution in [1.29, 1.82) is 0 Å². The highest BCUT2D eigenvalue weighted by atomic mass is 16.8. The second kappa shape index (κ2) is 37.8. The van der Waals surface area contributed by atoms with Crippen molar-refractivity contribution in [2.75, 3.05) is 20.8 Å². The minimum Gasteiger partial charge on any atom is -0.467 e. The number of carbonyl (C=O) groups excluding carboxylic acids is 4. The van der Waals surface area contributed by atoms with Crippen molar-refractivity contribution in [3.63, 3.8) is 0 Å². The molecule has 4 saturated heterocycles.